The second kappa shape index (κ2) is 43.5. The topological polar surface area (TPSA) is 108 Å². The lowest BCUT2D eigenvalue weighted by molar-refractivity contribution is -0.870. The second-order valence-electron chi connectivity index (χ2n) is 19.2. The molecule has 0 aromatic heterocycles. The van der Waals surface area contributed by atoms with Gasteiger partial charge in [0.25, 0.3) is 7.82 Å². The first-order chi connectivity index (χ1) is 29.0. The van der Waals surface area contributed by atoms with E-state index >= 15 is 0 Å². The van der Waals surface area contributed by atoms with Crippen molar-refractivity contribution >= 4 is 13.7 Å². The van der Waals surface area contributed by atoms with Gasteiger partial charge in [-0.1, -0.05) is 225 Å². The number of carbonyl (C=O) groups is 1. The van der Waals surface area contributed by atoms with Crippen molar-refractivity contribution in [3.05, 3.63) is 12.2 Å². The summed E-state index contributed by atoms with van der Waals surface area (Å²) in [6.45, 7) is 4.75. The van der Waals surface area contributed by atoms with Crippen LogP contribution in [-0.4, -0.2) is 68.5 Å². The molecule has 0 aromatic carbocycles. The molecule has 0 spiro atoms. The Labute approximate surface area is 373 Å². The number of aliphatic hydroxyl groups excluding tert-OH is 1. The Hall–Kier alpha value is -0.760. The van der Waals surface area contributed by atoms with Gasteiger partial charge in [-0.2, -0.15) is 0 Å². The van der Waals surface area contributed by atoms with Crippen LogP contribution in [0, 0.1) is 0 Å². The minimum Gasteiger partial charge on any atom is -0.756 e. The zero-order chi connectivity index (χ0) is 44.3. The molecule has 1 amide bonds. The molecule has 0 saturated carbocycles. The second-order valence-corrected chi connectivity index (χ2v) is 20.6. The van der Waals surface area contributed by atoms with E-state index in [1.165, 1.54) is 193 Å². The van der Waals surface area contributed by atoms with Crippen LogP contribution >= 0.6 is 7.82 Å². The predicted octanol–water partition coefficient (Wildman–Crippen LogP) is 14.5. The quantitative estimate of drug-likeness (QED) is 0.0273. The zero-order valence-corrected chi connectivity index (χ0v) is 41.6. The Kier molecular flexibility index (Phi) is 42.9. The van der Waals surface area contributed by atoms with Gasteiger partial charge in [-0.3, -0.25) is 9.36 Å². The molecule has 9 heteroatoms. The fourth-order valence-corrected chi connectivity index (χ4v) is 8.58. The fourth-order valence-electron chi connectivity index (χ4n) is 7.86. The van der Waals surface area contributed by atoms with Crippen molar-refractivity contribution in [2.75, 3.05) is 40.9 Å². The number of rotatable bonds is 48. The number of aliphatic hydroxyl groups is 1. The summed E-state index contributed by atoms with van der Waals surface area (Å²) in [4.78, 5) is 25.4. The highest BCUT2D eigenvalue weighted by Gasteiger charge is 2.24. The monoisotopic (exact) mass is 871 g/mol. The minimum atomic E-state index is -4.57. The number of likely N-dealkylation sites (N-methyl/N-ethyl adjacent to an activating group) is 1. The van der Waals surface area contributed by atoms with Crippen molar-refractivity contribution in [2.24, 2.45) is 0 Å². The number of allylic oxidation sites excluding steroid dienone is 2. The molecule has 0 aliphatic rings. The van der Waals surface area contributed by atoms with Crippen molar-refractivity contribution in [1.29, 1.82) is 0 Å². The number of hydrogen-bond acceptors (Lipinski definition) is 6. The van der Waals surface area contributed by atoms with Crippen LogP contribution in [0.5, 0.6) is 0 Å². The highest BCUT2D eigenvalue weighted by atomic mass is 31.2. The number of nitrogens with zero attached hydrogens (tertiary/aromatic N) is 1. The summed E-state index contributed by atoms with van der Waals surface area (Å²) in [6, 6.07) is -0.798. The molecule has 358 valence electrons. The Morgan fingerprint density at radius 2 is 0.917 bits per heavy atom. The minimum absolute atomic E-state index is 0.0141. The van der Waals surface area contributed by atoms with Crippen molar-refractivity contribution < 1.29 is 32.9 Å². The van der Waals surface area contributed by atoms with Gasteiger partial charge in [0.05, 0.1) is 39.9 Å². The van der Waals surface area contributed by atoms with E-state index in [0.29, 0.717) is 23.9 Å². The molecule has 0 aromatic rings. The van der Waals surface area contributed by atoms with E-state index < -0.39 is 20.0 Å². The first-order valence-electron chi connectivity index (χ1n) is 26.0. The highest BCUT2D eigenvalue weighted by Crippen LogP contribution is 2.38. The van der Waals surface area contributed by atoms with Crippen molar-refractivity contribution in [3.63, 3.8) is 0 Å². The van der Waals surface area contributed by atoms with Crippen molar-refractivity contribution in [2.45, 2.75) is 270 Å². The number of amides is 1. The fraction of sp³-hybridized carbons (Fsp3) is 0.941. The van der Waals surface area contributed by atoms with Crippen LogP contribution in [0.25, 0.3) is 0 Å². The summed E-state index contributed by atoms with van der Waals surface area (Å²) in [6.07, 6.45) is 50.7. The zero-order valence-electron chi connectivity index (χ0n) is 40.7. The van der Waals surface area contributed by atoms with Crippen LogP contribution in [0.1, 0.15) is 258 Å². The van der Waals surface area contributed by atoms with Gasteiger partial charge in [0, 0.05) is 6.42 Å². The maximum Gasteiger partial charge on any atom is 0.268 e. The summed E-state index contributed by atoms with van der Waals surface area (Å²) in [5.74, 6) is -0.163. The van der Waals surface area contributed by atoms with E-state index in [1.807, 2.05) is 21.1 Å². The molecule has 0 radical (unpaired) electrons. The van der Waals surface area contributed by atoms with Gasteiger partial charge < -0.3 is 28.8 Å². The largest absolute Gasteiger partial charge is 0.756 e. The Morgan fingerprint density at radius 3 is 1.30 bits per heavy atom. The van der Waals surface area contributed by atoms with Gasteiger partial charge in [0.15, 0.2) is 0 Å². The first-order valence-corrected chi connectivity index (χ1v) is 27.5. The van der Waals surface area contributed by atoms with E-state index in [2.05, 4.69) is 31.3 Å². The summed E-state index contributed by atoms with van der Waals surface area (Å²) in [5.41, 5.74) is 0. The molecule has 3 unspecified atom stereocenters. The van der Waals surface area contributed by atoms with Gasteiger partial charge in [-0.25, -0.2) is 0 Å². The smallest absolute Gasteiger partial charge is 0.268 e. The van der Waals surface area contributed by atoms with E-state index in [9.17, 15) is 19.4 Å². The van der Waals surface area contributed by atoms with Crippen LogP contribution in [0.2, 0.25) is 0 Å². The van der Waals surface area contributed by atoms with E-state index in [1.54, 1.807) is 0 Å². The number of unbranched alkanes of at least 4 members (excludes halogenated alkanes) is 33. The number of phosphoric ester groups is 1. The summed E-state index contributed by atoms with van der Waals surface area (Å²) < 4.78 is 23.4. The molecule has 60 heavy (non-hydrogen) atoms. The summed E-state index contributed by atoms with van der Waals surface area (Å²) in [7, 11) is 1.31. The van der Waals surface area contributed by atoms with Gasteiger partial charge in [0.2, 0.25) is 5.91 Å². The van der Waals surface area contributed by atoms with Gasteiger partial charge in [0.1, 0.15) is 13.2 Å². The maximum absolute atomic E-state index is 12.9. The SMILES string of the molecule is CCCCCCCC/C=C\CCCCCCCCCCCC(=O)NC(COP(=O)([O-])OCC[N+](C)(C)C)C(O)CCCCCCCCCCCCCCCCCCCCC. The molecule has 0 aliphatic carbocycles. The van der Waals surface area contributed by atoms with Gasteiger partial charge >= 0.3 is 0 Å². The van der Waals surface area contributed by atoms with Crippen molar-refractivity contribution in [3.8, 4) is 0 Å². The molecular formula is C51H103N2O6P. The van der Waals surface area contributed by atoms with Crippen LogP contribution in [0.4, 0.5) is 0 Å². The van der Waals surface area contributed by atoms with Crippen LogP contribution in [0.3, 0.4) is 0 Å². The molecule has 8 nitrogen and oxygen atoms in total. The Balaban J connectivity index is 4.24. The lowest BCUT2D eigenvalue weighted by Gasteiger charge is -2.30. The maximum atomic E-state index is 12.9. The molecular weight excluding hydrogens is 768 g/mol. The molecule has 0 aliphatic heterocycles. The first kappa shape index (κ1) is 59.2. The third-order valence-electron chi connectivity index (χ3n) is 12.0. The summed E-state index contributed by atoms with van der Waals surface area (Å²) >= 11 is 0. The number of nitrogens with one attached hydrogen (secondary N) is 1. The molecule has 0 fully saturated rings. The number of carbonyl (C=O) groups excluding carboxylic acids is 1. The standard InChI is InChI=1S/C51H103N2O6P/c1-6-8-10-12-14-16-18-20-22-24-26-28-30-32-34-36-38-40-42-44-50(54)49(48-59-60(56,57)58-47-46-53(3,4)5)52-51(55)45-43-41-39-37-35-33-31-29-27-25-23-21-19-17-15-13-11-9-7-2/h21,23,49-50,54H,6-20,22,24-48H2,1-5H3,(H-,52,55,56,57)/b23-21-. The third kappa shape index (κ3) is 45.3. The Morgan fingerprint density at radius 1 is 0.567 bits per heavy atom. The Bertz CT molecular complexity index is 989. The highest BCUT2D eigenvalue weighted by molar-refractivity contribution is 7.45. The number of phosphoric acid groups is 1. The van der Waals surface area contributed by atoms with Crippen LogP contribution in [0.15, 0.2) is 12.2 Å². The lowest BCUT2D eigenvalue weighted by atomic mass is 10.0. The lowest BCUT2D eigenvalue weighted by Crippen LogP contribution is -2.46. The van der Waals surface area contributed by atoms with Crippen LogP contribution in [-0.2, 0) is 18.4 Å². The molecule has 2 N–H and O–H groups in total. The average molecular weight is 871 g/mol. The molecule has 0 bridgehead atoms. The van der Waals surface area contributed by atoms with Gasteiger partial charge in [-0.05, 0) is 38.5 Å². The van der Waals surface area contributed by atoms with Gasteiger partial charge in [-0.15, -0.1) is 0 Å². The summed E-state index contributed by atoms with van der Waals surface area (Å²) in [5, 5.41) is 14.0. The average Bonchev–Trinajstić information content (AvgIpc) is 3.20. The normalized spacial score (nSPS) is 14.2. The van der Waals surface area contributed by atoms with E-state index in [0.717, 1.165) is 38.5 Å². The van der Waals surface area contributed by atoms with E-state index in [-0.39, 0.29) is 19.1 Å². The van der Waals surface area contributed by atoms with Crippen LogP contribution < -0.4 is 10.2 Å². The third-order valence-corrected chi connectivity index (χ3v) is 13.0. The number of quaternary nitrogens is 1. The predicted molar refractivity (Wildman–Crippen MR) is 256 cm³/mol. The van der Waals surface area contributed by atoms with Crippen molar-refractivity contribution in [1.82, 2.24) is 5.32 Å². The molecule has 3 atom stereocenters. The molecule has 0 saturated heterocycles. The number of hydrogen-bond donors (Lipinski definition) is 2. The molecule has 0 rings (SSSR count). The molecule has 0 heterocycles. The van der Waals surface area contributed by atoms with E-state index in [4.69, 9.17) is 9.05 Å².